The van der Waals surface area contributed by atoms with Gasteiger partial charge in [0.2, 0.25) is 5.91 Å². The lowest BCUT2D eigenvalue weighted by atomic mass is 10.2. The second-order valence-electron chi connectivity index (χ2n) is 4.22. The van der Waals surface area contributed by atoms with Crippen LogP contribution in [0.2, 0.25) is 5.02 Å². The average molecular weight is 304 g/mol. The van der Waals surface area contributed by atoms with Crippen molar-refractivity contribution < 1.29 is 9.18 Å². The number of carbonyl (C=O) groups is 1. The standard InChI is InChI=1S/C15H11ClFN3O/c16-13-6-10(8-18)4-5-14(13)19-9-15(21)20-12-3-1-2-11(17)7-12/h1-7,19H,9H2,(H,20,21). The van der Waals surface area contributed by atoms with Crippen molar-refractivity contribution in [2.75, 3.05) is 17.2 Å². The molecule has 0 bridgehead atoms. The topological polar surface area (TPSA) is 64.9 Å². The van der Waals surface area contributed by atoms with Crippen LogP contribution in [0.15, 0.2) is 42.5 Å². The van der Waals surface area contributed by atoms with Crippen molar-refractivity contribution in [1.29, 1.82) is 5.26 Å². The molecular formula is C15H11ClFN3O. The molecule has 0 spiro atoms. The molecule has 0 saturated heterocycles. The Morgan fingerprint density at radius 2 is 2.10 bits per heavy atom. The number of anilines is 2. The molecule has 0 saturated carbocycles. The molecule has 6 heteroatoms. The second kappa shape index (κ2) is 6.73. The molecule has 0 aliphatic carbocycles. The van der Waals surface area contributed by atoms with Gasteiger partial charge in [0.1, 0.15) is 5.82 Å². The molecule has 21 heavy (non-hydrogen) atoms. The molecule has 0 unspecified atom stereocenters. The van der Waals surface area contributed by atoms with Crippen molar-refractivity contribution in [3.05, 3.63) is 58.9 Å². The monoisotopic (exact) mass is 303 g/mol. The van der Waals surface area contributed by atoms with E-state index in [-0.39, 0.29) is 12.5 Å². The summed E-state index contributed by atoms with van der Waals surface area (Å²) in [5.74, 6) is -0.753. The van der Waals surface area contributed by atoms with Crippen LogP contribution in [0.1, 0.15) is 5.56 Å². The van der Waals surface area contributed by atoms with Crippen LogP contribution < -0.4 is 10.6 Å². The molecule has 0 aromatic heterocycles. The first kappa shape index (κ1) is 14.8. The predicted octanol–water partition coefficient (Wildman–Crippen LogP) is 3.40. The Balaban J connectivity index is 1.94. The van der Waals surface area contributed by atoms with Crippen molar-refractivity contribution >= 4 is 28.9 Å². The van der Waals surface area contributed by atoms with E-state index in [2.05, 4.69) is 10.6 Å². The fourth-order valence-electron chi connectivity index (χ4n) is 1.67. The first-order valence-electron chi connectivity index (χ1n) is 6.07. The summed E-state index contributed by atoms with van der Waals surface area (Å²) in [6.45, 7) is -0.0257. The Hall–Kier alpha value is -2.58. The van der Waals surface area contributed by atoms with E-state index in [1.807, 2.05) is 6.07 Å². The molecule has 4 nitrogen and oxygen atoms in total. The number of nitriles is 1. The van der Waals surface area contributed by atoms with Gasteiger partial charge in [0.15, 0.2) is 0 Å². The van der Waals surface area contributed by atoms with Crippen LogP contribution in [0.5, 0.6) is 0 Å². The second-order valence-corrected chi connectivity index (χ2v) is 4.63. The van der Waals surface area contributed by atoms with Gasteiger partial charge in [-0.15, -0.1) is 0 Å². The summed E-state index contributed by atoms with van der Waals surface area (Å²) in [5.41, 5.74) is 1.37. The molecule has 0 fully saturated rings. The zero-order chi connectivity index (χ0) is 15.2. The molecule has 106 valence electrons. The van der Waals surface area contributed by atoms with Crippen LogP contribution in [0.25, 0.3) is 0 Å². The molecule has 2 aromatic carbocycles. The van der Waals surface area contributed by atoms with E-state index in [9.17, 15) is 9.18 Å². The highest BCUT2D eigenvalue weighted by Gasteiger charge is 2.06. The number of benzene rings is 2. The maximum absolute atomic E-state index is 13.0. The molecule has 1 amide bonds. The van der Waals surface area contributed by atoms with E-state index in [0.29, 0.717) is 22.0 Å². The van der Waals surface area contributed by atoms with Gasteiger partial charge in [0, 0.05) is 5.69 Å². The summed E-state index contributed by atoms with van der Waals surface area (Å²) in [7, 11) is 0. The maximum Gasteiger partial charge on any atom is 0.243 e. The number of amides is 1. The third-order valence-corrected chi connectivity index (χ3v) is 2.96. The summed E-state index contributed by atoms with van der Waals surface area (Å²) >= 11 is 5.98. The molecule has 2 rings (SSSR count). The van der Waals surface area contributed by atoms with E-state index >= 15 is 0 Å². The van der Waals surface area contributed by atoms with Gasteiger partial charge in [0.25, 0.3) is 0 Å². The van der Waals surface area contributed by atoms with Crippen LogP contribution in [0, 0.1) is 17.1 Å². The summed E-state index contributed by atoms with van der Waals surface area (Å²) in [6, 6.07) is 12.3. The van der Waals surface area contributed by atoms with Crippen molar-refractivity contribution in [1.82, 2.24) is 0 Å². The van der Waals surface area contributed by atoms with Gasteiger partial charge in [-0.3, -0.25) is 4.79 Å². The Morgan fingerprint density at radius 1 is 1.29 bits per heavy atom. The fourth-order valence-corrected chi connectivity index (χ4v) is 1.92. The molecule has 0 radical (unpaired) electrons. The Morgan fingerprint density at radius 3 is 2.76 bits per heavy atom. The molecule has 0 heterocycles. The maximum atomic E-state index is 13.0. The Bertz CT molecular complexity index is 712. The van der Waals surface area contributed by atoms with Gasteiger partial charge in [-0.25, -0.2) is 4.39 Å². The lowest BCUT2D eigenvalue weighted by Crippen LogP contribution is -2.21. The number of hydrogen-bond donors (Lipinski definition) is 2. The van der Waals surface area contributed by atoms with Crippen LogP contribution >= 0.6 is 11.6 Å². The fraction of sp³-hybridized carbons (Fsp3) is 0.0667. The number of hydrogen-bond acceptors (Lipinski definition) is 3. The molecule has 0 aliphatic heterocycles. The van der Waals surface area contributed by atoms with Crippen molar-refractivity contribution in [3.8, 4) is 6.07 Å². The number of nitrogens with zero attached hydrogens (tertiary/aromatic N) is 1. The summed E-state index contributed by atoms with van der Waals surface area (Å²) in [6.07, 6.45) is 0. The minimum absolute atomic E-state index is 0.0257. The normalized spacial score (nSPS) is 9.76. The van der Waals surface area contributed by atoms with Crippen molar-refractivity contribution in [2.45, 2.75) is 0 Å². The molecular weight excluding hydrogens is 293 g/mol. The molecule has 2 N–H and O–H groups in total. The number of rotatable bonds is 4. The van der Waals surface area contributed by atoms with E-state index in [1.165, 1.54) is 24.3 Å². The van der Waals surface area contributed by atoms with E-state index in [4.69, 9.17) is 16.9 Å². The van der Waals surface area contributed by atoms with E-state index < -0.39 is 5.82 Å². The highest BCUT2D eigenvalue weighted by atomic mass is 35.5. The Labute approximate surface area is 126 Å². The Kier molecular flexibility index (Phi) is 4.75. The van der Waals surface area contributed by atoms with Gasteiger partial charge < -0.3 is 10.6 Å². The smallest absolute Gasteiger partial charge is 0.243 e. The van der Waals surface area contributed by atoms with Crippen LogP contribution in [-0.2, 0) is 4.79 Å². The highest BCUT2D eigenvalue weighted by Crippen LogP contribution is 2.22. The van der Waals surface area contributed by atoms with Crippen LogP contribution in [0.3, 0.4) is 0 Å². The van der Waals surface area contributed by atoms with Gasteiger partial charge in [-0.2, -0.15) is 5.26 Å². The lowest BCUT2D eigenvalue weighted by Gasteiger charge is -2.09. The van der Waals surface area contributed by atoms with E-state index in [0.717, 1.165) is 0 Å². The average Bonchev–Trinajstić information content (AvgIpc) is 2.46. The molecule has 0 aliphatic rings. The quantitative estimate of drug-likeness (QED) is 0.910. The van der Waals surface area contributed by atoms with Gasteiger partial charge in [0.05, 0.1) is 28.9 Å². The van der Waals surface area contributed by atoms with Crippen molar-refractivity contribution in [2.24, 2.45) is 0 Å². The predicted molar refractivity (Wildman–Crippen MR) is 79.7 cm³/mol. The molecule has 0 atom stereocenters. The van der Waals surface area contributed by atoms with E-state index in [1.54, 1.807) is 18.2 Å². The summed E-state index contributed by atoms with van der Waals surface area (Å²) in [5, 5.41) is 14.5. The SMILES string of the molecule is N#Cc1ccc(NCC(=O)Nc2cccc(F)c2)c(Cl)c1. The van der Waals surface area contributed by atoms with Gasteiger partial charge >= 0.3 is 0 Å². The summed E-state index contributed by atoms with van der Waals surface area (Å²) in [4.78, 5) is 11.7. The number of halogens is 2. The highest BCUT2D eigenvalue weighted by molar-refractivity contribution is 6.33. The number of carbonyl (C=O) groups excluding carboxylic acids is 1. The minimum atomic E-state index is -0.420. The largest absolute Gasteiger partial charge is 0.375 e. The zero-order valence-corrected chi connectivity index (χ0v) is 11.6. The van der Waals surface area contributed by atoms with Gasteiger partial charge in [-0.05, 0) is 36.4 Å². The third kappa shape index (κ3) is 4.20. The molecule has 2 aromatic rings. The van der Waals surface area contributed by atoms with Crippen LogP contribution in [0.4, 0.5) is 15.8 Å². The lowest BCUT2D eigenvalue weighted by molar-refractivity contribution is -0.114. The third-order valence-electron chi connectivity index (χ3n) is 2.65. The van der Waals surface area contributed by atoms with Crippen LogP contribution in [-0.4, -0.2) is 12.5 Å². The summed E-state index contributed by atoms with van der Waals surface area (Å²) < 4.78 is 13.0. The van der Waals surface area contributed by atoms with Gasteiger partial charge in [-0.1, -0.05) is 17.7 Å². The first-order chi connectivity index (χ1) is 10.1. The first-order valence-corrected chi connectivity index (χ1v) is 6.45. The zero-order valence-electron chi connectivity index (χ0n) is 10.9. The van der Waals surface area contributed by atoms with Crippen molar-refractivity contribution in [3.63, 3.8) is 0 Å². The minimum Gasteiger partial charge on any atom is -0.375 e. The number of nitrogens with one attached hydrogen (secondary N) is 2.